The van der Waals surface area contributed by atoms with Crippen LogP contribution in [0.5, 0.6) is 5.88 Å². The van der Waals surface area contributed by atoms with Gasteiger partial charge in [-0.05, 0) is 25.1 Å². The van der Waals surface area contributed by atoms with Crippen LogP contribution in [0.1, 0.15) is 22.3 Å². The molecule has 3 rings (SSSR count). The molecule has 1 aromatic carbocycles. The van der Waals surface area contributed by atoms with Gasteiger partial charge in [0.25, 0.3) is 5.91 Å². The van der Waals surface area contributed by atoms with Crippen LogP contribution in [-0.2, 0) is 0 Å². The third-order valence-electron chi connectivity index (χ3n) is 3.62. The Bertz CT molecular complexity index is 628. The summed E-state index contributed by atoms with van der Waals surface area (Å²) in [7, 11) is 0. The maximum atomic E-state index is 12.5. The molecule has 4 nitrogen and oxygen atoms in total. The molecule has 0 aliphatic carbocycles. The van der Waals surface area contributed by atoms with Gasteiger partial charge in [-0.3, -0.25) is 4.79 Å². The lowest BCUT2D eigenvalue weighted by Gasteiger charge is -2.17. The molecule has 1 atom stereocenters. The molecular formula is C17H18N2O2. The zero-order valence-corrected chi connectivity index (χ0v) is 12.0. The fourth-order valence-corrected chi connectivity index (χ4v) is 2.56. The zero-order valence-electron chi connectivity index (χ0n) is 12.0. The van der Waals surface area contributed by atoms with Crippen molar-refractivity contribution in [2.24, 2.45) is 0 Å². The molecule has 0 radical (unpaired) electrons. The van der Waals surface area contributed by atoms with E-state index in [1.165, 1.54) is 0 Å². The highest BCUT2D eigenvalue weighted by molar-refractivity contribution is 5.94. The summed E-state index contributed by atoms with van der Waals surface area (Å²) in [4.78, 5) is 18.5. The maximum Gasteiger partial charge on any atom is 0.253 e. The number of pyridine rings is 1. The first-order valence-electron chi connectivity index (χ1n) is 7.16. The van der Waals surface area contributed by atoms with E-state index < -0.39 is 0 Å². The molecule has 1 unspecified atom stereocenters. The molecule has 1 amide bonds. The monoisotopic (exact) mass is 282 g/mol. The van der Waals surface area contributed by atoms with Crippen molar-refractivity contribution in [3.8, 4) is 5.88 Å². The Kier molecular flexibility index (Phi) is 3.86. The largest absolute Gasteiger partial charge is 0.472 e. The van der Waals surface area contributed by atoms with Crippen molar-refractivity contribution in [3.05, 3.63) is 59.8 Å². The summed E-state index contributed by atoms with van der Waals surface area (Å²) < 4.78 is 5.81. The minimum atomic E-state index is 0.0219. The van der Waals surface area contributed by atoms with E-state index in [1.807, 2.05) is 54.3 Å². The van der Waals surface area contributed by atoms with E-state index in [0.29, 0.717) is 12.4 Å². The van der Waals surface area contributed by atoms with Crippen LogP contribution in [0.2, 0.25) is 0 Å². The number of rotatable bonds is 3. The van der Waals surface area contributed by atoms with Crippen molar-refractivity contribution in [2.45, 2.75) is 19.4 Å². The van der Waals surface area contributed by atoms with Gasteiger partial charge in [-0.1, -0.05) is 23.8 Å². The van der Waals surface area contributed by atoms with Crippen LogP contribution in [0, 0.1) is 6.92 Å². The van der Waals surface area contributed by atoms with Crippen molar-refractivity contribution in [1.29, 1.82) is 0 Å². The number of benzene rings is 1. The van der Waals surface area contributed by atoms with E-state index in [0.717, 1.165) is 24.1 Å². The molecule has 0 N–H and O–H groups in total. The Morgan fingerprint density at radius 2 is 2.19 bits per heavy atom. The lowest BCUT2D eigenvalue weighted by molar-refractivity contribution is 0.0771. The molecule has 1 fully saturated rings. The first kappa shape index (κ1) is 13.6. The first-order valence-corrected chi connectivity index (χ1v) is 7.16. The smallest absolute Gasteiger partial charge is 0.253 e. The number of hydrogen-bond donors (Lipinski definition) is 0. The SMILES string of the molecule is Cc1cccc(C(=O)N2CCC(Oc3ccccn3)C2)c1. The van der Waals surface area contributed by atoms with Gasteiger partial charge in [0.1, 0.15) is 6.10 Å². The highest BCUT2D eigenvalue weighted by atomic mass is 16.5. The lowest BCUT2D eigenvalue weighted by atomic mass is 10.1. The van der Waals surface area contributed by atoms with Gasteiger partial charge in [0, 0.05) is 30.8 Å². The number of ether oxygens (including phenoxy) is 1. The second kappa shape index (κ2) is 5.95. The molecule has 1 aromatic heterocycles. The number of aromatic nitrogens is 1. The van der Waals surface area contributed by atoms with Crippen LogP contribution >= 0.6 is 0 Å². The van der Waals surface area contributed by atoms with Gasteiger partial charge in [-0.15, -0.1) is 0 Å². The molecular weight excluding hydrogens is 264 g/mol. The fraction of sp³-hybridized carbons (Fsp3) is 0.294. The van der Waals surface area contributed by atoms with Crippen molar-refractivity contribution in [2.75, 3.05) is 13.1 Å². The minimum Gasteiger partial charge on any atom is -0.472 e. The number of aryl methyl sites for hydroxylation is 1. The zero-order chi connectivity index (χ0) is 14.7. The molecule has 21 heavy (non-hydrogen) atoms. The number of likely N-dealkylation sites (tertiary alicyclic amines) is 1. The third-order valence-corrected chi connectivity index (χ3v) is 3.62. The summed E-state index contributed by atoms with van der Waals surface area (Å²) in [6.45, 7) is 3.33. The van der Waals surface area contributed by atoms with Crippen molar-refractivity contribution < 1.29 is 9.53 Å². The van der Waals surface area contributed by atoms with Crippen molar-refractivity contribution in [3.63, 3.8) is 0 Å². The fourth-order valence-electron chi connectivity index (χ4n) is 2.56. The molecule has 1 saturated heterocycles. The highest BCUT2D eigenvalue weighted by Gasteiger charge is 2.28. The van der Waals surface area contributed by atoms with E-state index in [1.54, 1.807) is 6.20 Å². The summed E-state index contributed by atoms with van der Waals surface area (Å²) in [5.41, 5.74) is 1.84. The average molecular weight is 282 g/mol. The Morgan fingerprint density at radius 1 is 1.29 bits per heavy atom. The number of nitrogens with zero attached hydrogens (tertiary/aromatic N) is 2. The Morgan fingerprint density at radius 3 is 2.95 bits per heavy atom. The van der Waals surface area contributed by atoms with Crippen LogP contribution in [-0.4, -0.2) is 35.0 Å². The average Bonchev–Trinajstić information content (AvgIpc) is 2.96. The summed E-state index contributed by atoms with van der Waals surface area (Å²) in [5.74, 6) is 0.693. The number of amides is 1. The topological polar surface area (TPSA) is 42.4 Å². The van der Waals surface area contributed by atoms with E-state index in [-0.39, 0.29) is 12.0 Å². The quantitative estimate of drug-likeness (QED) is 0.869. The molecule has 4 heteroatoms. The second-order valence-corrected chi connectivity index (χ2v) is 5.32. The predicted octanol–water partition coefficient (Wildman–Crippen LogP) is 2.68. The summed E-state index contributed by atoms with van der Waals surface area (Å²) >= 11 is 0. The van der Waals surface area contributed by atoms with E-state index in [2.05, 4.69) is 4.98 Å². The molecule has 1 aliphatic heterocycles. The van der Waals surface area contributed by atoms with Gasteiger partial charge in [0.05, 0.1) is 6.54 Å². The van der Waals surface area contributed by atoms with Crippen LogP contribution in [0.25, 0.3) is 0 Å². The van der Waals surface area contributed by atoms with Gasteiger partial charge >= 0.3 is 0 Å². The van der Waals surface area contributed by atoms with Crippen LogP contribution < -0.4 is 4.74 Å². The molecule has 2 heterocycles. The molecule has 2 aromatic rings. The van der Waals surface area contributed by atoms with Gasteiger partial charge in [-0.25, -0.2) is 4.98 Å². The highest BCUT2D eigenvalue weighted by Crippen LogP contribution is 2.18. The minimum absolute atomic E-state index is 0.0219. The Labute approximate surface area is 124 Å². The lowest BCUT2D eigenvalue weighted by Crippen LogP contribution is -2.31. The first-order chi connectivity index (χ1) is 10.2. The molecule has 0 saturated carbocycles. The van der Waals surface area contributed by atoms with E-state index in [4.69, 9.17) is 4.74 Å². The third kappa shape index (κ3) is 3.21. The second-order valence-electron chi connectivity index (χ2n) is 5.32. The van der Waals surface area contributed by atoms with Crippen LogP contribution in [0.3, 0.4) is 0 Å². The predicted molar refractivity (Wildman–Crippen MR) is 80.4 cm³/mol. The van der Waals surface area contributed by atoms with Crippen molar-refractivity contribution in [1.82, 2.24) is 9.88 Å². The summed E-state index contributed by atoms with van der Waals surface area (Å²) in [6, 6.07) is 13.3. The Hall–Kier alpha value is -2.36. The van der Waals surface area contributed by atoms with Gasteiger partial charge in [0.15, 0.2) is 0 Å². The normalized spacial score (nSPS) is 17.8. The van der Waals surface area contributed by atoms with Gasteiger partial charge < -0.3 is 9.64 Å². The maximum absolute atomic E-state index is 12.5. The Balaban J connectivity index is 1.63. The summed E-state index contributed by atoms with van der Waals surface area (Å²) in [5, 5.41) is 0. The van der Waals surface area contributed by atoms with Gasteiger partial charge in [0.2, 0.25) is 5.88 Å². The number of carbonyl (C=O) groups excluding carboxylic acids is 1. The van der Waals surface area contributed by atoms with Crippen molar-refractivity contribution >= 4 is 5.91 Å². The van der Waals surface area contributed by atoms with Gasteiger partial charge in [-0.2, -0.15) is 0 Å². The molecule has 0 bridgehead atoms. The molecule has 1 aliphatic rings. The van der Waals surface area contributed by atoms with Crippen LogP contribution in [0.4, 0.5) is 0 Å². The standard InChI is InChI=1S/C17H18N2O2/c1-13-5-4-6-14(11-13)17(20)19-10-8-15(12-19)21-16-7-2-3-9-18-16/h2-7,9,11,15H,8,10,12H2,1H3. The number of carbonyl (C=O) groups is 1. The molecule has 0 spiro atoms. The molecule has 108 valence electrons. The van der Waals surface area contributed by atoms with Crippen LogP contribution in [0.15, 0.2) is 48.7 Å². The van der Waals surface area contributed by atoms with E-state index >= 15 is 0 Å². The summed E-state index contributed by atoms with van der Waals surface area (Å²) in [6.07, 6.45) is 2.57. The number of hydrogen-bond acceptors (Lipinski definition) is 3. The van der Waals surface area contributed by atoms with E-state index in [9.17, 15) is 4.79 Å².